The lowest BCUT2D eigenvalue weighted by Gasteiger charge is -2.33. The molecule has 6 nitrogen and oxygen atoms in total. The van der Waals surface area contributed by atoms with Gasteiger partial charge in [0.15, 0.2) is 0 Å². The highest BCUT2D eigenvalue weighted by molar-refractivity contribution is 7.90. The molecule has 1 saturated heterocycles. The fourth-order valence-electron chi connectivity index (χ4n) is 3.13. The molecule has 3 rings (SSSR count). The van der Waals surface area contributed by atoms with Crippen LogP contribution in [-0.2, 0) is 9.84 Å². The second-order valence-electron chi connectivity index (χ2n) is 6.46. The molecule has 1 aromatic heterocycles. The van der Waals surface area contributed by atoms with Crippen molar-refractivity contribution >= 4 is 15.7 Å². The molecule has 0 bridgehead atoms. The predicted molar refractivity (Wildman–Crippen MR) is 94.2 cm³/mol. The summed E-state index contributed by atoms with van der Waals surface area (Å²) < 4.78 is 23.4. The maximum Gasteiger partial charge on any atom is 0.272 e. The number of sulfone groups is 1. The van der Waals surface area contributed by atoms with Crippen molar-refractivity contribution in [3.05, 3.63) is 53.3 Å². The Balaban J connectivity index is 1.86. The van der Waals surface area contributed by atoms with E-state index in [1.165, 1.54) is 11.8 Å². The number of likely N-dealkylation sites (tertiary alicyclic amines) is 1. The van der Waals surface area contributed by atoms with Crippen molar-refractivity contribution in [3.8, 4) is 0 Å². The predicted octanol–water partition coefficient (Wildman–Crippen LogP) is 2.21. The van der Waals surface area contributed by atoms with Crippen molar-refractivity contribution in [1.82, 2.24) is 14.9 Å². The van der Waals surface area contributed by atoms with Crippen LogP contribution < -0.4 is 0 Å². The number of benzene rings is 1. The quantitative estimate of drug-likeness (QED) is 0.785. The summed E-state index contributed by atoms with van der Waals surface area (Å²) in [5.74, 6) is 0.0563. The molecule has 2 aromatic rings. The summed E-state index contributed by atoms with van der Waals surface area (Å²) in [6.45, 7) is 2.98. The first kappa shape index (κ1) is 17.5. The van der Waals surface area contributed by atoms with Gasteiger partial charge in [-0.15, -0.1) is 0 Å². The molecule has 1 fully saturated rings. The highest BCUT2D eigenvalue weighted by Gasteiger charge is 2.28. The molecule has 2 heterocycles. The normalized spacial score (nSPS) is 18.2. The summed E-state index contributed by atoms with van der Waals surface area (Å²) in [5, 5.41) is -0.307. The third-order valence-corrected chi connectivity index (χ3v) is 5.32. The van der Waals surface area contributed by atoms with E-state index in [9.17, 15) is 13.2 Å². The van der Waals surface area contributed by atoms with Crippen LogP contribution in [-0.4, -0.2) is 48.5 Å². The number of aryl methyl sites for hydroxylation is 1. The summed E-state index contributed by atoms with van der Waals surface area (Å²) >= 11 is 0. The number of piperidine rings is 1. The molecule has 0 radical (unpaired) electrons. The summed E-state index contributed by atoms with van der Waals surface area (Å²) in [7, 11) is -3.55. The monoisotopic (exact) mass is 359 g/mol. The van der Waals surface area contributed by atoms with Crippen molar-refractivity contribution in [3.63, 3.8) is 0 Å². The van der Waals surface area contributed by atoms with E-state index in [0.29, 0.717) is 18.7 Å². The Labute approximate surface area is 147 Å². The number of rotatable bonds is 3. The molecule has 0 saturated carbocycles. The Morgan fingerprint density at radius 1 is 1.24 bits per heavy atom. The maximum absolute atomic E-state index is 12.9. The van der Waals surface area contributed by atoms with Gasteiger partial charge in [-0.25, -0.2) is 18.4 Å². The van der Waals surface area contributed by atoms with Crippen LogP contribution in [0.5, 0.6) is 0 Å². The third-order valence-electron chi connectivity index (χ3n) is 4.46. The van der Waals surface area contributed by atoms with Gasteiger partial charge < -0.3 is 4.90 Å². The van der Waals surface area contributed by atoms with Crippen LogP contribution in [0.3, 0.4) is 0 Å². The molecule has 0 spiro atoms. The Morgan fingerprint density at radius 2 is 1.96 bits per heavy atom. The minimum atomic E-state index is -3.55. The van der Waals surface area contributed by atoms with Crippen LogP contribution in [0.4, 0.5) is 0 Å². The molecule has 1 atom stereocenters. The fraction of sp³-hybridized carbons (Fsp3) is 0.389. The number of carbonyl (C=O) groups is 1. The molecule has 0 aliphatic carbocycles. The van der Waals surface area contributed by atoms with Gasteiger partial charge in [-0.1, -0.05) is 30.3 Å². The highest BCUT2D eigenvalue weighted by atomic mass is 32.2. The average Bonchev–Trinajstić information content (AvgIpc) is 2.61. The second-order valence-corrected chi connectivity index (χ2v) is 8.37. The van der Waals surface area contributed by atoms with E-state index in [2.05, 4.69) is 22.1 Å². The number of amides is 1. The van der Waals surface area contributed by atoms with Gasteiger partial charge in [-0.2, -0.15) is 0 Å². The van der Waals surface area contributed by atoms with Gasteiger partial charge >= 0.3 is 0 Å². The zero-order valence-corrected chi connectivity index (χ0v) is 15.2. The summed E-state index contributed by atoms with van der Waals surface area (Å²) in [6, 6.07) is 10.1. The van der Waals surface area contributed by atoms with Crippen LogP contribution in [0.15, 0.2) is 41.7 Å². The van der Waals surface area contributed by atoms with E-state index < -0.39 is 9.84 Å². The van der Waals surface area contributed by atoms with Crippen LogP contribution in [0, 0.1) is 6.92 Å². The molecule has 25 heavy (non-hydrogen) atoms. The van der Waals surface area contributed by atoms with Crippen molar-refractivity contribution < 1.29 is 13.2 Å². The Kier molecular flexibility index (Phi) is 4.85. The third kappa shape index (κ3) is 3.87. The zero-order valence-electron chi connectivity index (χ0n) is 14.3. The minimum absolute atomic E-state index is 0.170. The van der Waals surface area contributed by atoms with Crippen molar-refractivity contribution in [1.29, 1.82) is 0 Å². The smallest absolute Gasteiger partial charge is 0.272 e. The van der Waals surface area contributed by atoms with Gasteiger partial charge in [0.05, 0.1) is 0 Å². The molecule has 7 heteroatoms. The first-order valence-corrected chi connectivity index (χ1v) is 10.1. The van der Waals surface area contributed by atoms with Gasteiger partial charge in [0.2, 0.25) is 15.0 Å². The molecule has 1 unspecified atom stereocenters. The highest BCUT2D eigenvalue weighted by Crippen LogP contribution is 2.27. The molecular weight excluding hydrogens is 338 g/mol. The van der Waals surface area contributed by atoms with Crippen LogP contribution in [0.1, 0.15) is 40.4 Å². The largest absolute Gasteiger partial charge is 0.337 e. The number of hydrogen-bond donors (Lipinski definition) is 0. The molecule has 0 N–H and O–H groups in total. The molecule has 1 aliphatic heterocycles. The number of carbonyl (C=O) groups excluding carboxylic acids is 1. The van der Waals surface area contributed by atoms with Crippen molar-refractivity contribution in [2.24, 2.45) is 0 Å². The van der Waals surface area contributed by atoms with Crippen LogP contribution in [0.2, 0.25) is 0 Å². The molecule has 1 aliphatic rings. The SMILES string of the molecule is Cc1cnc(S(C)(=O)=O)nc1C(=O)N1CCCC(c2ccccc2)C1. The maximum atomic E-state index is 12.9. The zero-order chi connectivity index (χ0) is 18.0. The number of aromatic nitrogens is 2. The van der Waals surface area contributed by atoms with E-state index in [-0.39, 0.29) is 22.7 Å². The Bertz CT molecular complexity index is 882. The minimum Gasteiger partial charge on any atom is -0.337 e. The van der Waals surface area contributed by atoms with E-state index in [1.807, 2.05) is 18.2 Å². The summed E-state index contributed by atoms with van der Waals surface area (Å²) in [5.41, 5.74) is 1.97. The number of nitrogens with zero attached hydrogens (tertiary/aromatic N) is 3. The lowest BCUT2D eigenvalue weighted by atomic mass is 9.90. The van der Waals surface area contributed by atoms with Crippen LogP contribution in [0.25, 0.3) is 0 Å². The summed E-state index contributed by atoms with van der Waals surface area (Å²) in [6.07, 6.45) is 4.38. The number of hydrogen-bond acceptors (Lipinski definition) is 5. The van der Waals surface area contributed by atoms with Gasteiger partial charge in [0.1, 0.15) is 5.69 Å². The van der Waals surface area contributed by atoms with Gasteiger partial charge in [-0.05, 0) is 30.9 Å². The molecular formula is C18H21N3O3S. The fourth-order valence-corrected chi connectivity index (χ4v) is 3.63. The summed E-state index contributed by atoms with van der Waals surface area (Å²) in [4.78, 5) is 22.5. The first-order chi connectivity index (χ1) is 11.9. The first-order valence-electron chi connectivity index (χ1n) is 8.24. The molecule has 132 valence electrons. The van der Waals surface area contributed by atoms with E-state index in [0.717, 1.165) is 19.1 Å². The van der Waals surface area contributed by atoms with Gasteiger partial charge in [0, 0.05) is 31.5 Å². The lowest BCUT2D eigenvalue weighted by molar-refractivity contribution is 0.0699. The molecule has 1 aromatic carbocycles. The Hall–Kier alpha value is -2.28. The average molecular weight is 359 g/mol. The van der Waals surface area contributed by atoms with Gasteiger partial charge in [-0.3, -0.25) is 4.79 Å². The van der Waals surface area contributed by atoms with E-state index in [1.54, 1.807) is 11.8 Å². The standard InChI is InChI=1S/C18H21N3O3S/c1-13-11-19-18(25(2,23)24)20-16(13)17(22)21-10-6-9-15(12-21)14-7-4-3-5-8-14/h3-5,7-8,11,15H,6,9-10,12H2,1-2H3. The topological polar surface area (TPSA) is 80.2 Å². The lowest BCUT2D eigenvalue weighted by Crippen LogP contribution is -2.40. The molecule has 1 amide bonds. The Morgan fingerprint density at radius 3 is 2.64 bits per heavy atom. The second kappa shape index (κ2) is 6.92. The van der Waals surface area contributed by atoms with Crippen molar-refractivity contribution in [2.45, 2.75) is 30.8 Å². The van der Waals surface area contributed by atoms with Crippen LogP contribution >= 0.6 is 0 Å². The van der Waals surface area contributed by atoms with Gasteiger partial charge in [0.25, 0.3) is 5.91 Å². The van der Waals surface area contributed by atoms with Crippen molar-refractivity contribution in [2.75, 3.05) is 19.3 Å². The van der Waals surface area contributed by atoms with E-state index in [4.69, 9.17) is 0 Å². The van der Waals surface area contributed by atoms with E-state index >= 15 is 0 Å².